The summed E-state index contributed by atoms with van der Waals surface area (Å²) in [6.07, 6.45) is -2.56. The summed E-state index contributed by atoms with van der Waals surface area (Å²) >= 11 is 0. The Labute approximate surface area is 191 Å². The maximum Gasteiger partial charge on any atom is 0.418 e. The number of piperidine rings is 1. The summed E-state index contributed by atoms with van der Waals surface area (Å²) in [5.74, 6) is 0.350. The first kappa shape index (κ1) is 24.4. The number of amides is 3. The Morgan fingerprint density at radius 1 is 1.03 bits per heavy atom. The number of hydrogen-bond donors (Lipinski definition) is 3. The molecule has 1 aliphatic rings. The molecule has 1 saturated heterocycles. The Morgan fingerprint density at radius 2 is 1.70 bits per heavy atom. The minimum Gasteiger partial charge on any atom is -0.371 e. The number of benzene rings is 2. The van der Waals surface area contributed by atoms with Crippen LogP contribution in [0.1, 0.15) is 49.5 Å². The van der Waals surface area contributed by atoms with Gasteiger partial charge in [-0.1, -0.05) is 19.1 Å². The van der Waals surface area contributed by atoms with Gasteiger partial charge in [-0.15, -0.1) is 0 Å². The fourth-order valence-electron chi connectivity index (χ4n) is 3.78. The van der Waals surface area contributed by atoms with E-state index in [4.69, 9.17) is 0 Å². The van der Waals surface area contributed by atoms with Crippen molar-refractivity contribution in [2.75, 3.05) is 28.6 Å². The van der Waals surface area contributed by atoms with Crippen molar-refractivity contribution in [2.24, 2.45) is 5.92 Å². The van der Waals surface area contributed by atoms with E-state index in [0.717, 1.165) is 37.7 Å². The number of nitrogens with one attached hydrogen (secondary N) is 3. The molecule has 0 radical (unpaired) electrons. The lowest BCUT2D eigenvalue weighted by molar-refractivity contribution is -0.136. The van der Waals surface area contributed by atoms with Gasteiger partial charge in [-0.05, 0) is 62.9 Å². The second-order valence-corrected chi connectivity index (χ2v) is 8.65. The number of halogens is 3. The highest BCUT2D eigenvalue weighted by Gasteiger charge is 2.33. The topological polar surface area (TPSA) is 73.5 Å². The first-order valence-electron chi connectivity index (χ1n) is 11.0. The third-order valence-corrected chi connectivity index (χ3v) is 5.52. The van der Waals surface area contributed by atoms with Crippen LogP contribution < -0.4 is 20.9 Å². The predicted octanol–water partition coefficient (Wildman–Crippen LogP) is 5.72. The van der Waals surface area contributed by atoms with E-state index in [-0.39, 0.29) is 17.6 Å². The molecule has 0 atom stereocenters. The van der Waals surface area contributed by atoms with Crippen molar-refractivity contribution in [1.29, 1.82) is 0 Å². The molecule has 0 saturated carbocycles. The lowest BCUT2D eigenvalue weighted by atomic mass is 9.97. The van der Waals surface area contributed by atoms with Crippen LogP contribution in [0.3, 0.4) is 0 Å². The summed E-state index contributed by atoms with van der Waals surface area (Å²) < 4.78 is 39.6. The van der Waals surface area contributed by atoms with Crippen molar-refractivity contribution < 1.29 is 22.8 Å². The Balaban J connectivity index is 1.82. The van der Waals surface area contributed by atoms with E-state index < -0.39 is 17.8 Å². The van der Waals surface area contributed by atoms with Crippen LogP contribution in [0.25, 0.3) is 0 Å². The molecular weight excluding hydrogens is 433 g/mol. The molecule has 9 heteroatoms. The van der Waals surface area contributed by atoms with Crippen LogP contribution in [-0.2, 0) is 6.18 Å². The molecule has 6 nitrogen and oxygen atoms in total. The van der Waals surface area contributed by atoms with Gasteiger partial charge in [0.1, 0.15) is 0 Å². The van der Waals surface area contributed by atoms with Gasteiger partial charge in [0.2, 0.25) is 0 Å². The summed E-state index contributed by atoms with van der Waals surface area (Å²) in [6.45, 7) is 7.56. The molecule has 3 N–H and O–H groups in total. The summed E-state index contributed by atoms with van der Waals surface area (Å²) in [4.78, 5) is 27.5. The number of rotatable bonds is 5. The quantitative estimate of drug-likeness (QED) is 0.532. The van der Waals surface area contributed by atoms with Gasteiger partial charge in [-0.3, -0.25) is 4.79 Å². The second kappa shape index (κ2) is 10.1. The van der Waals surface area contributed by atoms with E-state index in [0.29, 0.717) is 17.2 Å². The van der Waals surface area contributed by atoms with Crippen molar-refractivity contribution in [2.45, 2.75) is 45.8 Å². The number of carbonyl (C=O) groups excluding carboxylic acids is 2. The average Bonchev–Trinajstić information content (AvgIpc) is 2.73. The largest absolute Gasteiger partial charge is 0.418 e. The van der Waals surface area contributed by atoms with E-state index in [1.54, 1.807) is 18.2 Å². The number of urea groups is 1. The van der Waals surface area contributed by atoms with E-state index in [2.05, 4.69) is 27.8 Å². The molecule has 2 aromatic carbocycles. The minimum atomic E-state index is -4.60. The number of para-hydroxylation sites is 1. The molecule has 1 fully saturated rings. The van der Waals surface area contributed by atoms with Crippen LogP contribution in [0.15, 0.2) is 42.5 Å². The van der Waals surface area contributed by atoms with Gasteiger partial charge in [0.25, 0.3) is 5.91 Å². The molecule has 2 aromatic rings. The predicted molar refractivity (Wildman–Crippen MR) is 124 cm³/mol. The van der Waals surface area contributed by atoms with Gasteiger partial charge in [0.15, 0.2) is 0 Å². The molecule has 3 amide bonds. The monoisotopic (exact) mass is 462 g/mol. The van der Waals surface area contributed by atoms with Crippen molar-refractivity contribution >= 4 is 29.0 Å². The van der Waals surface area contributed by atoms with Gasteiger partial charge >= 0.3 is 12.2 Å². The molecule has 1 heterocycles. The second-order valence-electron chi connectivity index (χ2n) is 8.65. The first-order chi connectivity index (χ1) is 15.5. The molecule has 3 rings (SSSR count). The van der Waals surface area contributed by atoms with Crippen LogP contribution in [0, 0.1) is 5.92 Å². The van der Waals surface area contributed by atoms with Gasteiger partial charge in [0.05, 0.1) is 16.8 Å². The number of alkyl halides is 3. The SMILES string of the molecule is CC1CCN(c2ccc(NC(=O)Nc3ccccc3C(F)(F)F)cc2C(=O)NC(C)C)CC1. The smallest absolute Gasteiger partial charge is 0.371 e. The molecule has 0 aliphatic carbocycles. The van der Waals surface area contributed by atoms with E-state index in [9.17, 15) is 22.8 Å². The number of nitrogens with zero attached hydrogens (tertiary/aromatic N) is 1. The minimum absolute atomic E-state index is 0.0782. The van der Waals surface area contributed by atoms with Crippen LogP contribution in [0.5, 0.6) is 0 Å². The van der Waals surface area contributed by atoms with E-state index in [1.165, 1.54) is 18.2 Å². The summed E-state index contributed by atoms with van der Waals surface area (Å²) in [5.41, 5.74) is 0.200. The summed E-state index contributed by atoms with van der Waals surface area (Å²) in [7, 11) is 0. The average molecular weight is 463 g/mol. The number of anilines is 3. The summed E-state index contributed by atoms with van der Waals surface area (Å²) in [6, 6.07) is 8.81. The summed E-state index contributed by atoms with van der Waals surface area (Å²) in [5, 5.41) is 7.66. The zero-order valence-electron chi connectivity index (χ0n) is 18.9. The molecule has 0 unspecified atom stereocenters. The molecule has 0 aromatic heterocycles. The Bertz CT molecular complexity index is 999. The molecule has 1 aliphatic heterocycles. The highest BCUT2D eigenvalue weighted by atomic mass is 19.4. The zero-order valence-corrected chi connectivity index (χ0v) is 18.9. The van der Waals surface area contributed by atoms with Gasteiger partial charge < -0.3 is 20.9 Å². The van der Waals surface area contributed by atoms with Crippen molar-refractivity contribution in [3.8, 4) is 0 Å². The maximum absolute atomic E-state index is 13.2. The van der Waals surface area contributed by atoms with E-state index >= 15 is 0 Å². The van der Waals surface area contributed by atoms with Gasteiger partial charge in [-0.25, -0.2) is 4.79 Å². The Hall–Kier alpha value is -3.23. The third-order valence-electron chi connectivity index (χ3n) is 5.52. The molecule has 0 bridgehead atoms. The highest BCUT2D eigenvalue weighted by Crippen LogP contribution is 2.35. The van der Waals surface area contributed by atoms with Crippen molar-refractivity contribution in [3.63, 3.8) is 0 Å². The fraction of sp³-hybridized carbons (Fsp3) is 0.417. The standard InChI is InChI=1S/C24H29F3N4O2/c1-15(2)28-22(32)18-14-17(8-9-21(18)31-12-10-16(3)11-13-31)29-23(33)30-20-7-5-4-6-19(20)24(25,26)27/h4-9,14-16H,10-13H2,1-3H3,(H,28,32)(H2,29,30,33). The lowest BCUT2D eigenvalue weighted by Crippen LogP contribution is -2.36. The van der Waals surface area contributed by atoms with Gasteiger partial charge in [0, 0.05) is 30.5 Å². The molecule has 33 heavy (non-hydrogen) atoms. The molecular formula is C24H29F3N4O2. The third kappa shape index (κ3) is 6.40. The van der Waals surface area contributed by atoms with Crippen LogP contribution >= 0.6 is 0 Å². The van der Waals surface area contributed by atoms with Crippen LogP contribution in [0.4, 0.5) is 35.0 Å². The Morgan fingerprint density at radius 3 is 2.33 bits per heavy atom. The lowest BCUT2D eigenvalue weighted by Gasteiger charge is -2.33. The molecule has 178 valence electrons. The van der Waals surface area contributed by atoms with Crippen LogP contribution in [-0.4, -0.2) is 31.1 Å². The normalized spacial score (nSPS) is 14.8. The van der Waals surface area contributed by atoms with Crippen LogP contribution in [0.2, 0.25) is 0 Å². The zero-order chi connectivity index (χ0) is 24.2. The maximum atomic E-state index is 13.2. The van der Waals surface area contributed by atoms with Crippen molar-refractivity contribution in [3.05, 3.63) is 53.6 Å². The molecule has 0 spiro atoms. The van der Waals surface area contributed by atoms with Gasteiger partial charge in [-0.2, -0.15) is 13.2 Å². The fourth-order valence-corrected chi connectivity index (χ4v) is 3.78. The Kier molecular flexibility index (Phi) is 7.50. The van der Waals surface area contributed by atoms with E-state index in [1.807, 2.05) is 13.8 Å². The first-order valence-corrected chi connectivity index (χ1v) is 11.0. The van der Waals surface area contributed by atoms with Crippen molar-refractivity contribution in [1.82, 2.24) is 5.32 Å². The number of hydrogen-bond acceptors (Lipinski definition) is 3. The number of carbonyl (C=O) groups is 2. The highest BCUT2D eigenvalue weighted by molar-refractivity contribution is 6.04.